The quantitative estimate of drug-likeness (QED) is 0.895. The van der Waals surface area contributed by atoms with E-state index in [0.29, 0.717) is 25.4 Å². The number of pyridine rings is 1. The van der Waals surface area contributed by atoms with Crippen LogP contribution in [0.3, 0.4) is 0 Å². The summed E-state index contributed by atoms with van der Waals surface area (Å²) >= 11 is 0. The molecule has 1 aromatic rings. The highest BCUT2D eigenvalue weighted by molar-refractivity contribution is 5.76. The molecule has 4 heteroatoms. The summed E-state index contributed by atoms with van der Waals surface area (Å²) in [6, 6.07) is 5.83. The summed E-state index contributed by atoms with van der Waals surface area (Å²) in [6.07, 6.45) is 3.30. The van der Waals surface area contributed by atoms with E-state index in [1.165, 1.54) is 0 Å². The number of amides is 1. The van der Waals surface area contributed by atoms with Crippen molar-refractivity contribution in [2.45, 2.75) is 32.6 Å². The van der Waals surface area contributed by atoms with Crippen LogP contribution in [0.15, 0.2) is 24.4 Å². The first-order valence-electron chi connectivity index (χ1n) is 7.41. The highest BCUT2D eigenvalue weighted by Gasteiger charge is 2.36. The molecule has 1 saturated heterocycles. The average Bonchev–Trinajstić information content (AvgIpc) is 2.90. The smallest absolute Gasteiger partial charge is 0.222 e. The third-order valence-electron chi connectivity index (χ3n) is 4.03. The third-order valence-corrected chi connectivity index (χ3v) is 4.03. The van der Waals surface area contributed by atoms with E-state index in [-0.39, 0.29) is 24.3 Å². The minimum absolute atomic E-state index is 0.105. The molecule has 2 rings (SSSR count). The first-order chi connectivity index (χ1) is 9.61. The normalized spacial score (nSPS) is 22.5. The van der Waals surface area contributed by atoms with Gasteiger partial charge in [0.2, 0.25) is 5.91 Å². The van der Waals surface area contributed by atoms with Crippen molar-refractivity contribution in [3.05, 3.63) is 30.1 Å². The lowest BCUT2D eigenvalue weighted by Gasteiger charge is -2.17. The number of likely N-dealkylation sites (tertiary alicyclic amines) is 1. The van der Waals surface area contributed by atoms with Crippen molar-refractivity contribution in [3.63, 3.8) is 0 Å². The Hall–Kier alpha value is -1.42. The number of hydrogen-bond acceptors (Lipinski definition) is 3. The fourth-order valence-electron chi connectivity index (χ4n) is 2.76. The van der Waals surface area contributed by atoms with Crippen LogP contribution in [0.4, 0.5) is 0 Å². The highest BCUT2D eigenvalue weighted by Crippen LogP contribution is 2.31. The maximum absolute atomic E-state index is 12.2. The lowest BCUT2D eigenvalue weighted by Crippen LogP contribution is -2.29. The van der Waals surface area contributed by atoms with Crippen molar-refractivity contribution in [2.24, 2.45) is 11.8 Å². The van der Waals surface area contributed by atoms with Gasteiger partial charge >= 0.3 is 0 Å². The minimum Gasteiger partial charge on any atom is -0.396 e. The molecule has 1 N–H and O–H groups in total. The molecule has 1 amide bonds. The van der Waals surface area contributed by atoms with Crippen LogP contribution in [0.5, 0.6) is 0 Å². The molecule has 1 aromatic heterocycles. The Labute approximate surface area is 120 Å². The van der Waals surface area contributed by atoms with Gasteiger partial charge in [0.05, 0.1) is 0 Å². The van der Waals surface area contributed by atoms with Gasteiger partial charge in [0, 0.05) is 49.8 Å². The first kappa shape index (κ1) is 15.0. The molecular formula is C16H24N2O2. The Morgan fingerprint density at radius 1 is 1.45 bits per heavy atom. The molecule has 1 aliphatic rings. The fraction of sp³-hybridized carbons (Fsp3) is 0.625. The Kier molecular flexibility index (Phi) is 5.12. The van der Waals surface area contributed by atoms with Crippen LogP contribution in [0.1, 0.15) is 38.3 Å². The van der Waals surface area contributed by atoms with E-state index in [4.69, 9.17) is 0 Å². The van der Waals surface area contributed by atoms with Gasteiger partial charge in [-0.15, -0.1) is 0 Å². The van der Waals surface area contributed by atoms with Gasteiger partial charge in [0.15, 0.2) is 0 Å². The Morgan fingerprint density at radius 3 is 2.85 bits per heavy atom. The van der Waals surface area contributed by atoms with Crippen molar-refractivity contribution in [1.29, 1.82) is 0 Å². The molecule has 4 nitrogen and oxygen atoms in total. The summed E-state index contributed by atoms with van der Waals surface area (Å²) in [5, 5.41) is 9.55. The molecule has 0 radical (unpaired) electrons. The lowest BCUT2D eigenvalue weighted by atomic mass is 9.93. The van der Waals surface area contributed by atoms with Crippen LogP contribution in [0.2, 0.25) is 0 Å². The molecule has 0 aliphatic carbocycles. The Bertz CT molecular complexity index is 433. The van der Waals surface area contributed by atoms with Crippen molar-refractivity contribution >= 4 is 5.91 Å². The predicted octanol–water partition coefficient (Wildman–Crippen LogP) is 2.05. The number of aromatic nitrogens is 1. The molecule has 110 valence electrons. The van der Waals surface area contributed by atoms with Crippen LogP contribution >= 0.6 is 0 Å². The van der Waals surface area contributed by atoms with E-state index >= 15 is 0 Å². The summed E-state index contributed by atoms with van der Waals surface area (Å²) in [4.78, 5) is 18.5. The van der Waals surface area contributed by atoms with Crippen molar-refractivity contribution in [2.75, 3.05) is 19.7 Å². The molecule has 0 saturated carbocycles. The topological polar surface area (TPSA) is 53.4 Å². The van der Waals surface area contributed by atoms with Gasteiger partial charge in [0.1, 0.15) is 0 Å². The van der Waals surface area contributed by atoms with E-state index in [1.54, 1.807) is 6.20 Å². The first-order valence-corrected chi connectivity index (χ1v) is 7.41. The minimum atomic E-state index is 0.105. The van der Waals surface area contributed by atoms with E-state index in [0.717, 1.165) is 12.1 Å². The second-order valence-electron chi connectivity index (χ2n) is 6.03. The standard InChI is InChI=1S/C16H24N2O2/c1-12(2)6-7-16(20)18-9-13(11-19)14(10-18)15-5-3-4-8-17-15/h3-5,8,12-14,19H,6-7,9-11H2,1-2H3/t13-,14+/m0/s1. The van der Waals surface area contributed by atoms with Crippen molar-refractivity contribution in [1.82, 2.24) is 9.88 Å². The van der Waals surface area contributed by atoms with Crippen LogP contribution in [-0.4, -0.2) is 40.6 Å². The summed E-state index contributed by atoms with van der Waals surface area (Å²) in [7, 11) is 0. The van der Waals surface area contributed by atoms with E-state index < -0.39 is 0 Å². The van der Waals surface area contributed by atoms with Gasteiger partial charge in [-0.05, 0) is 24.5 Å². The predicted molar refractivity (Wildman–Crippen MR) is 78.2 cm³/mol. The molecule has 0 bridgehead atoms. The van der Waals surface area contributed by atoms with Crippen LogP contribution in [-0.2, 0) is 4.79 Å². The molecule has 0 aromatic carbocycles. The van der Waals surface area contributed by atoms with Crippen LogP contribution in [0.25, 0.3) is 0 Å². The van der Waals surface area contributed by atoms with Gasteiger partial charge in [0.25, 0.3) is 0 Å². The number of nitrogens with zero attached hydrogens (tertiary/aromatic N) is 2. The number of rotatable bonds is 5. The zero-order valence-corrected chi connectivity index (χ0v) is 12.3. The van der Waals surface area contributed by atoms with Crippen molar-refractivity contribution < 1.29 is 9.90 Å². The summed E-state index contributed by atoms with van der Waals surface area (Å²) in [6.45, 7) is 5.69. The second kappa shape index (κ2) is 6.84. The third kappa shape index (κ3) is 3.57. The number of carbonyl (C=O) groups excluding carboxylic acids is 1. The molecule has 20 heavy (non-hydrogen) atoms. The number of carbonyl (C=O) groups is 1. The lowest BCUT2D eigenvalue weighted by molar-refractivity contribution is -0.130. The zero-order valence-electron chi connectivity index (χ0n) is 12.3. The van der Waals surface area contributed by atoms with E-state index in [2.05, 4.69) is 18.8 Å². The largest absolute Gasteiger partial charge is 0.396 e. The molecule has 0 spiro atoms. The number of hydrogen-bond donors (Lipinski definition) is 1. The average molecular weight is 276 g/mol. The number of aliphatic hydroxyl groups is 1. The molecule has 1 aliphatic heterocycles. The van der Waals surface area contributed by atoms with Gasteiger partial charge < -0.3 is 10.0 Å². The van der Waals surface area contributed by atoms with E-state index in [1.807, 2.05) is 23.1 Å². The van der Waals surface area contributed by atoms with Crippen molar-refractivity contribution in [3.8, 4) is 0 Å². The van der Waals surface area contributed by atoms with Gasteiger partial charge in [-0.2, -0.15) is 0 Å². The molecule has 1 fully saturated rings. The Morgan fingerprint density at radius 2 is 2.25 bits per heavy atom. The Balaban J connectivity index is 2.01. The fourth-order valence-corrected chi connectivity index (χ4v) is 2.76. The van der Waals surface area contributed by atoms with Crippen LogP contribution < -0.4 is 0 Å². The SMILES string of the molecule is CC(C)CCC(=O)N1C[C@@H](CO)[C@H](c2ccccn2)C1. The summed E-state index contributed by atoms with van der Waals surface area (Å²) in [5.41, 5.74) is 0.978. The zero-order chi connectivity index (χ0) is 14.5. The second-order valence-corrected chi connectivity index (χ2v) is 6.03. The van der Waals surface area contributed by atoms with E-state index in [9.17, 15) is 9.90 Å². The maximum atomic E-state index is 12.2. The summed E-state index contributed by atoms with van der Waals surface area (Å²) in [5.74, 6) is 1.01. The number of aliphatic hydroxyl groups excluding tert-OH is 1. The molecule has 2 atom stereocenters. The van der Waals surface area contributed by atoms with Gasteiger partial charge in [-0.3, -0.25) is 9.78 Å². The highest BCUT2D eigenvalue weighted by atomic mass is 16.3. The van der Waals surface area contributed by atoms with Gasteiger partial charge in [-0.1, -0.05) is 19.9 Å². The molecular weight excluding hydrogens is 252 g/mol. The van der Waals surface area contributed by atoms with Gasteiger partial charge in [-0.25, -0.2) is 0 Å². The molecule has 0 unspecified atom stereocenters. The maximum Gasteiger partial charge on any atom is 0.222 e. The monoisotopic (exact) mass is 276 g/mol. The molecule has 2 heterocycles. The van der Waals surface area contributed by atoms with Crippen LogP contribution in [0, 0.1) is 11.8 Å². The summed E-state index contributed by atoms with van der Waals surface area (Å²) < 4.78 is 0.